The molecule has 2 N–H and O–H groups in total. The lowest BCUT2D eigenvalue weighted by Crippen LogP contribution is -2.30. The van der Waals surface area contributed by atoms with Gasteiger partial charge in [0.1, 0.15) is 5.76 Å². The number of hydrogen-bond acceptors (Lipinski definition) is 4. The van der Waals surface area contributed by atoms with Gasteiger partial charge in [-0.2, -0.15) is 0 Å². The van der Waals surface area contributed by atoms with E-state index in [1.165, 1.54) is 13.0 Å². The fourth-order valence-electron chi connectivity index (χ4n) is 2.71. The SMILES string of the molecule is Cc1oc(C(=O)O)cc1CNCC1CCN(C(C)C)C1. The quantitative estimate of drug-likeness (QED) is 0.835. The molecule has 0 aliphatic carbocycles. The van der Waals surface area contributed by atoms with E-state index in [4.69, 9.17) is 9.52 Å². The van der Waals surface area contributed by atoms with Crippen molar-refractivity contribution in [3.05, 3.63) is 23.2 Å². The molecule has 0 radical (unpaired) electrons. The molecule has 1 unspecified atom stereocenters. The molecule has 1 fully saturated rings. The topological polar surface area (TPSA) is 65.7 Å². The van der Waals surface area contributed by atoms with Gasteiger partial charge in [-0.25, -0.2) is 4.79 Å². The number of carboxylic acids is 1. The van der Waals surface area contributed by atoms with Gasteiger partial charge in [0, 0.05) is 24.7 Å². The van der Waals surface area contributed by atoms with E-state index in [-0.39, 0.29) is 5.76 Å². The van der Waals surface area contributed by atoms with E-state index in [1.54, 1.807) is 13.0 Å². The summed E-state index contributed by atoms with van der Waals surface area (Å²) in [4.78, 5) is 13.3. The average molecular weight is 280 g/mol. The lowest BCUT2D eigenvalue weighted by Gasteiger charge is -2.20. The van der Waals surface area contributed by atoms with Crippen LogP contribution in [0.15, 0.2) is 10.5 Å². The van der Waals surface area contributed by atoms with Gasteiger partial charge in [-0.3, -0.25) is 0 Å². The van der Waals surface area contributed by atoms with Gasteiger partial charge < -0.3 is 19.7 Å². The lowest BCUT2D eigenvalue weighted by molar-refractivity contribution is 0.0661. The summed E-state index contributed by atoms with van der Waals surface area (Å²) in [6.07, 6.45) is 1.23. The molecule has 0 aromatic carbocycles. The first kappa shape index (κ1) is 15.1. The number of nitrogens with one attached hydrogen (secondary N) is 1. The van der Waals surface area contributed by atoms with Crippen molar-refractivity contribution >= 4 is 5.97 Å². The van der Waals surface area contributed by atoms with Crippen molar-refractivity contribution in [2.75, 3.05) is 19.6 Å². The summed E-state index contributed by atoms with van der Waals surface area (Å²) in [5.41, 5.74) is 0.932. The van der Waals surface area contributed by atoms with Crippen LogP contribution in [0.25, 0.3) is 0 Å². The van der Waals surface area contributed by atoms with Gasteiger partial charge in [-0.1, -0.05) is 0 Å². The summed E-state index contributed by atoms with van der Waals surface area (Å²) in [7, 11) is 0. The highest BCUT2D eigenvalue weighted by Gasteiger charge is 2.23. The van der Waals surface area contributed by atoms with Crippen LogP contribution in [0.2, 0.25) is 0 Å². The van der Waals surface area contributed by atoms with Gasteiger partial charge in [0.15, 0.2) is 0 Å². The van der Waals surface area contributed by atoms with Crippen LogP contribution in [0.4, 0.5) is 0 Å². The zero-order valence-electron chi connectivity index (χ0n) is 12.5. The maximum absolute atomic E-state index is 10.8. The van der Waals surface area contributed by atoms with Crippen molar-refractivity contribution in [2.45, 2.75) is 39.8 Å². The van der Waals surface area contributed by atoms with Crippen LogP contribution < -0.4 is 5.32 Å². The first-order chi connectivity index (χ1) is 9.47. The maximum atomic E-state index is 10.8. The molecule has 0 bridgehead atoms. The molecule has 2 heterocycles. The van der Waals surface area contributed by atoms with E-state index in [0.717, 1.165) is 18.7 Å². The molecule has 1 aromatic heterocycles. The van der Waals surface area contributed by atoms with E-state index < -0.39 is 5.97 Å². The summed E-state index contributed by atoms with van der Waals surface area (Å²) in [6, 6.07) is 2.23. The Morgan fingerprint density at radius 1 is 1.60 bits per heavy atom. The van der Waals surface area contributed by atoms with Gasteiger partial charge in [-0.15, -0.1) is 0 Å². The Labute approximate surface area is 119 Å². The molecule has 112 valence electrons. The molecule has 1 aliphatic rings. The highest BCUT2D eigenvalue weighted by Crippen LogP contribution is 2.18. The van der Waals surface area contributed by atoms with Crippen LogP contribution in [-0.4, -0.2) is 41.7 Å². The molecular formula is C15H24N2O3. The molecule has 2 rings (SSSR count). The van der Waals surface area contributed by atoms with Crippen LogP contribution in [-0.2, 0) is 6.54 Å². The monoisotopic (exact) mass is 280 g/mol. The molecule has 1 aliphatic heterocycles. The number of aromatic carboxylic acids is 1. The summed E-state index contributed by atoms with van der Waals surface area (Å²) in [5.74, 6) is 0.377. The van der Waals surface area contributed by atoms with Gasteiger partial charge in [0.05, 0.1) is 0 Å². The molecule has 1 saturated heterocycles. The van der Waals surface area contributed by atoms with E-state index in [1.807, 2.05) is 0 Å². The number of furan rings is 1. The third-order valence-corrected chi connectivity index (χ3v) is 4.03. The summed E-state index contributed by atoms with van der Waals surface area (Å²) in [6.45, 7) is 10.2. The molecule has 20 heavy (non-hydrogen) atoms. The Morgan fingerprint density at radius 3 is 2.90 bits per heavy atom. The normalized spacial score (nSPS) is 19.9. The molecule has 0 spiro atoms. The van der Waals surface area contributed by atoms with Crippen molar-refractivity contribution < 1.29 is 14.3 Å². The molecular weight excluding hydrogens is 256 g/mol. The first-order valence-electron chi connectivity index (χ1n) is 7.24. The van der Waals surface area contributed by atoms with Crippen molar-refractivity contribution in [1.82, 2.24) is 10.2 Å². The van der Waals surface area contributed by atoms with Crippen LogP contribution in [0.5, 0.6) is 0 Å². The Morgan fingerprint density at radius 2 is 2.35 bits per heavy atom. The van der Waals surface area contributed by atoms with Gasteiger partial charge in [0.2, 0.25) is 5.76 Å². The van der Waals surface area contributed by atoms with Gasteiger partial charge >= 0.3 is 5.97 Å². The summed E-state index contributed by atoms with van der Waals surface area (Å²) >= 11 is 0. The van der Waals surface area contributed by atoms with Crippen LogP contribution in [0.3, 0.4) is 0 Å². The van der Waals surface area contributed by atoms with E-state index >= 15 is 0 Å². The zero-order chi connectivity index (χ0) is 14.7. The molecule has 1 atom stereocenters. The second kappa shape index (κ2) is 6.41. The van der Waals surface area contributed by atoms with E-state index in [0.29, 0.717) is 24.3 Å². The third kappa shape index (κ3) is 3.61. The van der Waals surface area contributed by atoms with Crippen molar-refractivity contribution in [2.24, 2.45) is 5.92 Å². The Bertz CT molecular complexity index is 468. The summed E-state index contributed by atoms with van der Waals surface area (Å²) < 4.78 is 5.20. The standard InChI is InChI=1S/C15H24N2O3/c1-10(2)17-5-4-12(9-17)7-16-8-13-6-14(15(18)19)20-11(13)3/h6,10,12,16H,4-5,7-9H2,1-3H3,(H,18,19). The smallest absolute Gasteiger partial charge is 0.371 e. The maximum Gasteiger partial charge on any atom is 0.371 e. The van der Waals surface area contributed by atoms with Crippen molar-refractivity contribution in [3.63, 3.8) is 0 Å². The number of nitrogens with zero attached hydrogens (tertiary/aromatic N) is 1. The molecule has 5 heteroatoms. The number of likely N-dealkylation sites (tertiary alicyclic amines) is 1. The highest BCUT2D eigenvalue weighted by atomic mass is 16.4. The van der Waals surface area contributed by atoms with Gasteiger partial charge in [0.25, 0.3) is 0 Å². The predicted octanol–water partition coefficient (Wildman–Crippen LogP) is 2.11. The fourth-order valence-corrected chi connectivity index (χ4v) is 2.71. The van der Waals surface area contributed by atoms with Crippen LogP contribution in [0.1, 0.15) is 42.1 Å². The van der Waals surface area contributed by atoms with E-state index in [9.17, 15) is 4.79 Å². The predicted molar refractivity (Wildman–Crippen MR) is 76.9 cm³/mol. The van der Waals surface area contributed by atoms with Crippen LogP contribution >= 0.6 is 0 Å². The van der Waals surface area contributed by atoms with Crippen LogP contribution in [0, 0.1) is 12.8 Å². The average Bonchev–Trinajstić information content (AvgIpc) is 2.97. The van der Waals surface area contributed by atoms with Crippen molar-refractivity contribution in [1.29, 1.82) is 0 Å². The minimum absolute atomic E-state index is 0.0196. The first-order valence-corrected chi connectivity index (χ1v) is 7.24. The lowest BCUT2D eigenvalue weighted by atomic mass is 10.1. The fraction of sp³-hybridized carbons (Fsp3) is 0.667. The second-order valence-electron chi connectivity index (χ2n) is 5.87. The molecule has 5 nitrogen and oxygen atoms in total. The summed E-state index contributed by atoms with van der Waals surface area (Å²) in [5, 5.41) is 12.3. The van der Waals surface area contributed by atoms with Crippen molar-refractivity contribution in [3.8, 4) is 0 Å². The minimum Gasteiger partial charge on any atom is -0.475 e. The number of aryl methyl sites for hydroxylation is 1. The number of carbonyl (C=O) groups is 1. The zero-order valence-corrected chi connectivity index (χ0v) is 12.5. The third-order valence-electron chi connectivity index (χ3n) is 4.03. The Hall–Kier alpha value is -1.33. The molecule has 0 saturated carbocycles. The largest absolute Gasteiger partial charge is 0.475 e. The van der Waals surface area contributed by atoms with E-state index in [2.05, 4.69) is 24.1 Å². The Balaban J connectivity index is 1.78. The molecule has 0 amide bonds. The number of rotatable bonds is 6. The Kier molecular flexibility index (Phi) is 4.83. The second-order valence-corrected chi connectivity index (χ2v) is 5.87. The van der Waals surface area contributed by atoms with Gasteiger partial charge in [-0.05, 0) is 52.3 Å². The minimum atomic E-state index is -1.01. The highest BCUT2D eigenvalue weighted by molar-refractivity contribution is 5.84. The number of carboxylic acid groups (broad SMARTS) is 1. The number of hydrogen-bond donors (Lipinski definition) is 2. The molecule has 1 aromatic rings.